The van der Waals surface area contributed by atoms with Crippen molar-refractivity contribution in [1.29, 1.82) is 0 Å². The van der Waals surface area contributed by atoms with E-state index in [0.717, 1.165) is 5.56 Å². The second-order valence-corrected chi connectivity index (χ2v) is 6.23. The summed E-state index contributed by atoms with van der Waals surface area (Å²) < 4.78 is 66.7. The van der Waals surface area contributed by atoms with E-state index in [1.807, 2.05) is 20.8 Å². The molecular formula is C17H14F5NO. The maximum Gasteiger partial charge on any atom is 0.261 e. The van der Waals surface area contributed by atoms with Gasteiger partial charge in [-0.2, -0.15) is 0 Å². The third-order valence-corrected chi connectivity index (χ3v) is 3.42. The van der Waals surface area contributed by atoms with Crippen molar-refractivity contribution >= 4 is 11.6 Å². The Kier molecular flexibility index (Phi) is 4.64. The van der Waals surface area contributed by atoms with Crippen LogP contribution in [0.15, 0.2) is 24.3 Å². The van der Waals surface area contributed by atoms with Crippen LogP contribution < -0.4 is 5.32 Å². The van der Waals surface area contributed by atoms with Gasteiger partial charge in [-0.15, -0.1) is 0 Å². The molecule has 2 rings (SSSR count). The largest absolute Gasteiger partial charge is 0.322 e. The molecular weight excluding hydrogens is 329 g/mol. The minimum atomic E-state index is -2.31. The molecule has 0 aromatic heterocycles. The van der Waals surface area contributed by atoms with Gasteiger partial charge in [0, 0.05) is 5.69 Å². The quantitative estimate of drug-likeness (QED) is 0.467. The van der Waals surface area contributed by atoms with Gasteiger partial charge in [0.2, 0.25) is 5.82 Å². The summed E-state index contributed by atoms with van der Waals surface area (Å²) >= 11 is 0. The fourth-order valence-electron chi connectivity index (χ4n) is 2.06. The summed E-state index contributed by atoms with van der Waals surface area (Å²) in [5.74, 6) is -12.4. The highest BCUT2D eigenvalue weighted by Gasteiger charge is 2.29. The summed E-state index contributed by atoms with van der Waals surface area (Å²) in [6.07, 6.45) is 0. The van der Waals surface area contributed by atoms with Crippen molar-refractivity contribution in [2.45, 2.75) is 26.2 Å². The van der Waals surface area contributed by atoms with Crippen LogP contribution in [0.3, 0.4) is 0 Å². The van der Waals surface area contributed by atoms with Crippen LogP contribution in [0.25, 0.3) is 0 Å². The van der Waals surface area contributed by atoms with E-state index in [9.17, 15) is 26.7 Å². The molecule has 0 bridgehead atoms. The lowest BCUT2D eigenvalue weighted by molar-refractivity contribution is 0.101. The van der Waals surface area contributed by atoms with Gasteiger partial charge in [0.25, 0.3) is 5.91 Å². The van der Waals surface area contributed by atoms with Crippen LogP contribution in [0.1, 0.15) is 36.7 Å². The van der Waals surface area contributed by atoms with E-state index in [2.05, 4.69) is 5.32 Å². The molecule has 0 aliphatic rings. The molecule has 0 saturated heterocycles. The molecule has 0 heterocycles. The predicted molar refractivity (Wildman–Crippen MR) is 79.3 cm³/mol. The molecule has 2 aromatic rings. The molecule has 24 heavy (non-hydrogen) atoms. The minimum absolute atomic E-state index is 0.177. The third kappa shape index (κ3) is 3.25. The van der Waals surface area contributed by atoms with Gasteiger partial charge in [-0.1, -0.05) is 32.9 Å². The van der Waals surface area contributed by atoms with Crippen molar-refractivity contribution in [3.05, 3.63) is 64.5 Å². The highest BCUT2D eigenvalue weighted by atomic mass is 19.2. The van der Waals surface area contributed by atoms with Gasteiger partial charge < -0.3 is 5.32 Å². The minimum Gasteiger partial charge on any atom is -0.322 e. The SMILES string of the molecule is CC(C)(C)c1cccc(NC(=O)c2c(F)c(F)c(F)c(F)c2F)c1. The predicted octanol–water partition coefficient (Wildman–Crippen LogP) is 4.93. The van der Waals surface area contributed by atoms with E-state index in [1.165, 1.54) is 6.07 Å². The standard InChI is InChI=1S/C17H14F5NO/c1-17(2,3)8-5-4-6-9(7-8)23-16(24)10-11(18)13(20)15(22)14(21)12(10)19/h4-7H,1-3H3,(H,23,24). The summed E-state index contributed by atoms with van der Waals surface area (Å²) in [4.78, 5) is 12.0. The van der Waals surface area contributed by atoms with E-state index in [4.69, 9.17) is 0 Å². The van der Waals surface area contributed by atoms with E-state index >= 15 is 0 Å². The Morgan fingerprint density at radius 2 is 1.38 bits per heavy atom. The first kappa shape index (κ1) is 17.9. The lowest BCUT2D eigenvalue weighted by Crippen LogP contribution is -2.20. The zero-order valence-electron chi connectivity index (χ0n) is 13.1. The monoisotopic (exact) mass is 343 g/mol. The first-order valence-electron chi connectivity index (χ1n) is 6.97. The molecule has 2 nitrogen and oxygen atoms in total. The molecule has 0 atom stereocenters. The maximum atomic E-state index is 13.6. The Bertz CT molecular complexity index is 782. The Morgan fingerprint density at radius 3 is 1.88 bits per heavy atom. The number of halogens is 5. The molecule has 0 aliphatic carbocycles. The second kappa shape index (κ2) is 6.22. The topological polar surface area (TPSA) is 29.1 Å². The van der Waals surface area contributed by atoms with Gasteiger partial charge in [-0.25, -0.2) is 22.0 Å². The van der Waals surface area contributed by atoms with Crippen LogP contribution in [-0.2, 0) is 5.41 Å². The lowest BCUT2D eigenvalue weighted by Gasteiger charge is -2.20. The molecule has 0 radical (unpaired) electrons. The number of benzene rings is 2. The summed E-state index contributed by atoms with van der Waals surface area (Å²) in [5, 5.41) is 2.15. The van der Waals surface area contributed by atoms with Crippen LogP contribution in [0, 0.1) is 29.1 Å². The third-order valence-electron chi connectivity index (χ3n) is 3.42. The number of nitrogens with one attached hydrogen (secondary N) is 1. The highest BCUT2D eigenvalue weighted by Crippen LogP contribution is 2.26. The van der Waals surface area contributed by atoms with E-state index in [1.54, 1.807) is 18.2 Å². The maximum absolute atomic E-state index is 13.6. The second-order valence-electron chi connectivity index (χ2n) is 6.23. The number of carbonyl (C=O) groups excluding carboxylic acids is 1. The molecule has 0 fully saturated rings. The molecule has 7 heteroatoms. The molecule has 2 aromatic carbocycles. The van der Waals surface area contributed by atoms with Crippen molar-refractivity contribution in [2.24, 2.45) is 0 Å². The molecule has 0 spiro atoms. The normalized spacial score (nSPS) is 11.5. The van der Waals surface area contributed by atoms with Crippen LogP contribution >= 0.6 is 0 Å². The summed E-state index contributed by atoms with van der Waals surface area (Å²) in [7, 11) is 0. The Labute approximate surface area is 135 Å². The molecule has 0 aliphatic heterocycles. The fourth-order valence-corrected chi connectivity index (χ4v) is 2.06. The first-order chi connectivity index (χ1) is 11.0. The van der Waals surface area contributed by atoms with Gasteiger partial charge in [0.15, 0.2) is 23.3 Å². The number of carbonyl (C=O) groups is 1. The first-order valence-corrected chi connectivity index (χ1v) is 6.97. The van der Waals surface area contributed by atoms with Gasteiger partial charge in [-0.3, -0.25) is 4.79 Å². The zero-order valence-corrected chi connectivity index (χ0v) is 13.1. The molecule has 0 unspecified atom stereocenters. The number of rotatable bonds is 2. The van der Waals surface area contributed by atoms with Crippen molar-refractivity contribution in [3.63, 3.8) is 0 Å². The smallest absolute Gasteiger partial charge is 0.261 e. The average molecular weight is 343 g/mol. The van der Waals surface area contributed by atoms with Crippen molar-refractivity contribution < 1.29 is 26.7 Å². The van der Waals surface area contributed by atoms with Crippen LogP contribution in [-0.4, -0.2) is 5.91 Å². The van der Waals surface area contributed by atoms with Crippen LogP contribution in [0.5, 0.6) is 0 Å². The Balaban J connectivity index is 2.42. The average Bonchev–Trinajstić information content (AvgIpc) is 2.50. The van der Waals surface area contributed by atoms with E-state index < -0.39 is 40.6 Å². The van der Waals surface area contributed by atoms with Crippen molar-refractivity contribution in [2.75, 3.05) is 5.32 Å². The van der Waals surface area contributed by atoms with Crippen LogP contribution in [0.2, 0.25) is 0 Å². The number of anilines is 1. The molecule has 0 saturated carbocycles. The van der Waals surface area contributed by atoms with Gasteiger partial charge in [0.1, 0.15) is 5.56 Å². The van der Waals surface area contributed by atoms with Gasteiger partial charge in [-0.05, 0) is 23.1 Å². The molecule has 1 amide bonds. The number of hydrogen-bond acceptors (Lipinski definition) is 1. The zero-order chi connectivity index (χ0) is 18.2. The summed E-state index contributed by atoms with van der Waals surface area (Å²) in [6, 6.07) is 6.39. The van der Waals surface area contributed by atoms with Crippen molar-refractivity contribution in [1.82, 2.24) is 0 Å². The Morgan fingerprint density at radius 1 is 0.875 bits per heavy atom. The van der Waals surface area contributed by atoms with Gasteiger partial charge in [0.05, 0.1) is 0 Å². The summed E-state index contributed by atoms with van der Waals surface area (Å²) in [5.41, 5.74) is -0.785. The summed E-state index contributed by atoms with van der Waals surface area (Å²) in [6.45, 7) is 5.74. The van der Waals surface area contributed by atoms with E-state index in [0.29, 0.717) is 0 Å². The van der Waals surface area contributed by atoms with Crippen molar-refractivity contribution in [3.8, 4) is 0 Å². The number of amides is 1. The van der Waals surface area contributed by atoms with Gasteiger partial charge >= 0.3 is 0 Å². The highest BCUT2D eigenvalue weighted by molar-refractivity contribution is 6.04. The van der Waals surface area contributed by atoms with E-state index in [-0.39, 0.29) is 11.1 Å². The fraction of sp³-hybridized carbons (Fsp3) is 0.235. The lowest BCUT2D eigenvalue weighted by atomic mass is 9.87. The Hall–Kier alpha value is -2.44. The number of hydrogen-bond donors (Lipinski definition) is 1. The molecule has 128 valence electrons. The van der Waals surface area contributed by atoms with Crippen LogP contribution in [0.4, 0.5) is 27.6 Å². The molecule has 1 N–H and O–H groups in total.